The number of nitrogens with zero attached hydrogens (tertiary/aromatic N) is 2. The largest absolute Gasteiger partial charge is 0.357 e. The molecule has 0 bridgehead atoms. The molecule has 3 aromatic rings. The van der Waals surface area contributed by atoms with Crippen LogP contribution in [-0.2, 0) is 26.2 Å². The minimum absolute atomic E-state index is 0.0328. The van der Waals surface area contributed by atoms with Crippen LogP contribution in [0.25, 0.3) is 0 Å². The van der Waals surface area contributed by atoms with E-state index in [2.05, 4.69) is 5.32 Å². The SMILES string of the molecule is CNC(=O)[C@H](C)N(Cc1cccc(C)c1)C(=O)CN(c1ccccc1Cl)S(=O)(=O)c1ccc(C)cc1. The number of halogens is 1. The number of carbonyl (C=O) groups excluding carboxylic acids is 2. The van der Waals surface area contributed by atoms with Crippen molar-refractivity contribution in [3.8, 4) is 0 Å². The maximum atomic E-state index is 13.7. The van der Waals surface area contributed by atoms with Gasteiger partial charge >= 0.3 is 0 Å². The van der Waals surface area contributed by atoms with Crippen molar-refractivity contribution in [2.24, 2.45) is 0 Å². The van der Waals surface area contributed by atoms with Gasteiger partial charge in [0.15, 0.2) is 0 Å². The molecule has 0 radical (unpaired) electrons. The van der Waals surface area contributed by atoms with Gasteiger partial charge in [0.1, 0.15) is 12.6 Å². The van der Waals surface area contributed by atoms with Crippen molar-refractivity contribution in [2.45, 2.75) is 38.3 Å². The van der Waals surface area contributed by atoms with E-state index in [0.717, 1.165) is 21.0 Å². The standard InChI is InChI=1S/C27H30ClN3O4S/c1-19-12-14-23(15-13-19)36(34,35)31(25-11-6-5-10-24(25)28)18-26(32)30(21(3)27(33)29-4)17-22-9-7-8-20(2)16-22/h5-16,21H,17-18H2,1-4H3,(H,29,33)/t21-/m0/s1. The van der Waals surface area contributed by atoms with E-state index in [9.17, 15) is 18.0 Å². The molecule has 1 atom stereocenters. The summed E-state index contributed by atoms with van der Waals surface area (Å²) in [4.78, 5) is 27.6. The molecule has 0 saturated heterocycles. The van der Waals surface area contributed by atoms with E-state index < -0.39 is 28.5 Å². The van der Waals surface area contributed by atoms with Crippen LogP contribution in [-0.4, -0.2) is 44.8 Å². The summed E-state index contributed by atoms with van der Waals surface area (Å²) in [6.45, 7) is 5.00. The summed E-state index contributed by atoms with van der Waals surface area (Å²) in [6, 6.07) is 19.6. The molecule has 1 N–H and O–H groups in total. The number of amides is 2. The lowest BCUT2D eigenvalue weighted by atomic mass is 10.1. The Morgan fingerprint density at radius 2 is 1.61 bits per heavy atom. The van der Waals surface area contributed by atoms with E-state index >= 15 is 0 Å². The molecule has 2 amide bonds. The van der Waals surface area contributed by atoms with Crippen LogP contribution in [0.2, 0.25) is 5.02 Å². The van der Waals surface area contributed by atoms with Gasteiger partial charge in [-0.3, -0.25) is 13.9 Å². The molecule has 0 heterocycles. The molecular weight excluding hydrogens is 498 g/mol. The summed E-state index contributed by atoms with van der Waals surface area (Å²) < 4.78 is 28.5. The van der Waals surface area contributed by atoms with Crippen molar-refractivity contribution in [3.05, 3.63) is 94.5 Å². The molecule has 0 aliphatic heterocycles. The van der Waals surface area contributed by atoms with Crippen LogP contribution in [0.15, 0.2) is 77.7 Å². The molecular formula is C27H30ClN3O4S. The van der Waals surface area contributed by atoms with Gasteiger partial charge in [0.25, 0.3) is 10.0 Å². The Kier molecular flexibility index (Phi) is 8.76. The molecule has 3 rings (SSSR count). The number of rotatable bonds is 9. The number of likely N-dealkylation sites (N-methyl/N-ethyl adjacent to an activating group) is 1. The van der Waals surface area contributed by atoms with Crippen molar-refractivity contribution >= 4 is 39.1 Å². The third-order valence-corrected chi connectivity index (χ3v) is 7.95. The van der Waals surface area contributed by atoms with E-state index in [0.29, 0.717) is 0 Å². The van der Waals surface area contributed by atoms with E-state index in [4.69, 9.17) is 11.6 Å². The zero-order valence-corrected chi connectivity index (χ0v) is 22.3. The number of aryl methyl sites for hydroxylation is 2. The predicted octanol–water partition coefficient (Wildman–Crippen LogP) is 4.32. The molecule has 190 valence electrons. The molecule has 36 heavy (non-hydrogen) atoms. The minimum atomic E-state index is -4.15. The smallest absolute Gasteiger partial charge is 0.264 e. The maximum Gasteiger partial charge on any atom is 0.264 e. The van der Waals surface area contributed by atoms with Crippen LogP contribution in [0.5, 0.6) is 0 Å². The second kappa shape index (κ2) is 11.6. The number of nitrogens with one attached hydrogen (secondary N) is 1. The molecule has 3 aromatic carbocycles. The summed E-state index contributed by atoms with van der Waals surface area (Å²) in [7, 11) is -2.66. The first kappa shape index (κ1) is 27.2. The van der Waals surface area contributed by atoms with Crippen molar-refractivity contribution in [3.63, 3.8) is 0 Å². The van der Waals surface area contributed by atoms with Gasteiger partial charge in [0.2, 0.25) is 11.8 Å². The second-order valence-corrected chi connectivity index (χ2v) is 10.8. The van der Waals surface area contributed by atoms with E-state index in [1.54, 1.807) is 43.3 Å². The molecule has 0 spiro atoms. The third kappa shape index (κ3) is 6.25. The number of sulfonamides is 1. The second-order valence-electron chi connectivity index (χ2n) is 8.58. The zero-order valence-electron chi connectivity index (χ0n) is 20.7. The maximum absolute atomic E-state index is 13.7. The Labute approximate surface area is 217 Å². The van der Waals surface area contributed by atoms with E-state index in [1.165, 1.54) is 24.1 Å². The monoisotopic (exact) mass is 527 g/mol. The molecule has 0 aromatic heterocycles. The lowest BCUT2D eigenvalue weighted by molar-refractivity contribution is -0.139. The van der Waals surface area contributed by atoms with Gasteiger partial charge in [-0.05, 0) is 50.6 Å². The van der Waals surface area contributed by atoms with Gasteiger partial charge in [0, 0.05) is 13.6 Å². The summed E-state index contributed by atoms with van der Waals surface area (Å²) in [6.07, 6.45) is 0. The van der Waals surface area contributed by atoms with Crippen LogP contribution in [0.4, 0.5) is 5.69 Å². The first-order valence-corrected chi connectivity index (χ1v) is 13.3. The van der Waals surface area contributed by atoms with Crippen LogP contribution < -0.4 is 9.62 Å². The highest BCUT2D eigenvalue weighted by Gasteiger charge is 2.33. The van der Waals surface area contributed by atoms with Crippen molar-refractivity contribution < 1.29 is 18.0 Å². The molecule has 0 saturated carbocycles. The van der Waals surface area contributed by atoms with Gasteiger partial charge in [-0.1, -0.05) is 71.3 Å². The number of hydrogen-bond donors (Lipinski definition) is 1. The lowest BCUT2D eigenvalue weighted by Gasteiger charge is -2.32. The van der Waals surface area contributed by atoms with Crippen LogP contribution in [0, 0.1) is 13.8 Å². The fourth-order valence-electron chi connectivity index (χ4n) is 3.80. The van der Waals surface area contributed by atoms with Crippen molar-refractivity contribution in [1.82, 2.24) is 10.2 Å². The Hall–Kier alpha value is -3.36. The average molecular weight is 528 g/mol. The molecule has 0 fully saturated rings. The van der Waals surface area contributed by atoms with Gasteiger partial charge < -0.3 is 10.2 Å². The molecule has 0 unspecified atom stereocenters. The summed E-state index contributed by atoms with van der Waals surface area (Å²) in [5.41, 5.74) is 2.91. The minimum Gasteiger partial charge on any atom is -0.357 e. The van der Waals surface area contributed by atoms with Crippen molar-refractivity contribution in [2.75, 3.05) is 17.9 Å². The quantitative estimate of drug-likeness (QED) is 0.449. The van der Waals surface area contributed by atoms with Crippen LogP contribution in [0.3, 0.4) is 0 Å². The number of carbonyl (C=O) groups is 2. The lowest BCUT2D eigenvalue weighted by Crippen LogP contribution is -2.50. The van der Waals surface area contributed by atoms with Gasteiger partial charge in [-0.25, -0.2) is 8.42 Å². The Morgan fingerprint density at radius 3 is 2.22 bits per heavy atom. The molecule has 0 aliphatic rings. The summed E-state index contributed by atoms with van der Waals surface area (Å²) in [5.74, 6) is -0.898. The highest BCUT2D eigenvalue weighted by molar-refractivity contribution is 7.92. The van der Waals surface area contributed by atoms with Gasteiger partial charge in [-0.15, -0.1) is 0 Å². The van der Waals surface area contributed by atoms with Crippen LogP contribution >= 0.6 is 11.6 Å². The first-order valence-electron chi connectivity index (χ1n) is 11.4. The average Bonchev–Trinajstić information content (AvgIpc) is 2.85. The fraction of sp³-hybridized carbons (Fsp3) is 0.259. The summed E-state index contributed by atoms with van der Waals surface area (Å²) in [5, 5.41) is 2.75. The normalized spacial score (nSPS) is 12.0. The van der Waals surface area contributed by atoms with Gasteiger partial charge in [0.05, 0.1) is 15.6 Å². The number of anilines is 1. The predicted molar refractivity (Wildman–Crippen MR) is 142 cm³/mol. The third-order valence-electron chi connectivity index (χ3n) is 5.86. The fourth-order valence-corrected chi connectivity index (χ4v) is 5.52. The number of para-hydroxylation sites is 1. The zero-order chi connectivity index (χ0) is 26.5. The Balaban J connectivity index is 2.05. The van der Waals surface area contributed by atoms with Crippen LogP contribution in [0.1, 0.15) is 23.6 Å². The number of hydrogen-bond acceptors (Lipinski definition) is 4. The number of benzene rings is 3. The van der Waals surface area contributed by atoms with Crippen molar-refractivity contribution in [1.29, 1.82) is 0 Å². The molecule has 9 heteroatoms. The summed E-state index contributed by atoms with van der Waals surface area (Å²) >= 11 is 6.39. The highest BCUT2D eigenvalue weighted by Crippen LogP contribution is 2.30. The van der Waals surface area contributed by atoms with Gasteiger partial charge in [-0.2, -0.15) is 0 Å². The molecule has 0 aliphatic carbocycles. The molecule has 7 nitrogen and oxygen atoms in total. The Bertz CT molecular complexity index is 1340. The topological polar surface area (TPSA) is 86.8 Å². The first-order chi connectivity index (χ1) is 17.0. The Morgan fingerprint density at radius 1 is 0.944 bits per heavy atom. The highest BCUT2D eigenvalue weighted by atomic mass is 35.5. The van der Waals surface area contributed by atoms with E-state index in [-0.39, 0.29) is 28.1 Å². The van der Waals surface area contributed by atoms with E-state index in [1.807, 2.05) is 38.1 Å².